The van der Waals surface area contributed by atoms with Gasteiger partial charge in [0, 0.05) is 11.6 Å². The molecule has 0 amide bonds. The summed E-state index contributed by atoms with van der Waals surface area (Å²) in [7, 11) is 0. The molecule has 0 bridgehead atoms. The molecule has 0 N–H and O–H groups in total. The number of hydrogen-bond acceptors (Lipinski definition) is 3. The quantitative estimate of drug-likeness (QED) is 0.547. The Labute approximate surface area is 123 Å². The molecule has 0 radical (unpaired) electrons. The van der Waals surface area contributed by atoms with Crippen molar-refractivity contribution in [1.29, 1.82) is 0 Å². The van der Waals surface area contributed by atoms with Gasteiger partial charge in [0.25, 0.3) is 0 Å². The Morgan fingerprint density at radius 1 is 1.05 bits per heavy atom. The number of aromatic nitrogens is 2. The second kappa shape index (κ2) is 5.36. The van der Waals surface area contributed by atoms with Gasteiger partial charge in [0.1, 0.15) is 5.82 Å². The molecule has 22 heavy (non-hydrogen) atoms. The lowest BCUT2D eigenvalue weighted by molar-refractivity contribution is -0.387. The van der Waals surface area contributed by atoms with Crippen molar-refractivity contribution >= 4 is 5.69 Å². The number of hydrogen-bond donors (Lipinski definition) is 0. The van der Waals surface area contributed by atoms with Crippen LogP contribution in [-0.4, -0.2) is 14.7 Å². The summed E-state index contributed by atoms with van der Waals surface area (Å²) >= 11 is 0. The average Bonchev–Trinajstić information content (AvgIpc) is 2.97. The molecule has 2 aromatic carbocycles. The predicted molar refractivity (Wildman–Crippen MR) is 75.6 cm³/mol. The molecule has 0 unspecified atom stereocenters. The molecule has 3 rings (SSSR count). The minimum atomic E-state index is -0.922. The van der Waals surface area contributed by atoms with Gasteiger partial charge in [-0.2, -0.15) is 9.49 Å². The first-order valence-corrected chi connectivity index (χ1v) is 6.30. The van der Waals surface area contributed by atoms with Crippen molar-refractivity contribution in [2.24, 2.45) is 0 Å². The van der Waals surface area contributed by atoms with Crippen LogP contribution in [0.15, 0.2) is 54.7 Å². The summed E-state index contributed by atoms with van der Waals surface area (Å²) in [6, 6.07) is 10.9. The Kier molecular flexibility index (Phi) is 3.38. The number of benzene rings is 2. The molecule has 5 nitrogen and oxygen atoms in total. The van der Waals surface area contributed by atoms with Crippen LogP contribution in [0.2, 0.25) is 0 Å². The van der Waals surface area contributed by atoms with Gasteiger partial charge in [-0.3, -0.25) is 10.1 Å². The van der Waals surface area contributed by atoms with Crippen LogP contribution in [-0.2, 0) is 0 Å². The van der Waals surface area contributed by atoms with Crippen LogP contribution >= 0.6 is 0 Å². The third kappa shape index (κ3) is 2.44. The molecule has 0 atom stereocenters. The molecule has 0 saturated heterocycles. The van der Waals surface area contributed by atoms with E-state index >= 15 is 0 Å². The van der Waals surface area contributed by atoms with Crippen molar-refractivity contribution in [3.8, 4) is 16.9 Å². The van der Waals surface area contributed by atoms with Gasteiger partial charge in [0.05, 0.1) is 22.5 Å². The van der Waals surface area contributed by atoms with Gasteiger partial charge in [0.15, 0.2) is 0 Å². The molecule has 0 spiro atoms. The molecule has 7 heteroatoms. The Bertz CT molecular complexity index is 844. The van der Waals surface area contributed by atoms with Crippen LogP contribution in [0.4, 0.5) is 14.5 Å². The Balaban J connectivity index is 2.07. The standard InChI is InChI=1S/C15H9F2N3O2/c16-11-2-4-12(5-3-11)19-14(7-8-18-19)10-1-6-15(20(21)22)13(17)9-10/h1-9H. The Morgan fingerprint density at radius 3 is 2.41 bits per heavy atom. The van der Waals surface area contributed by atoms with Gasteiger partial charge in [-0.1, -0.05) is 0 Å². The number of nitro benzene ring substituents is 1. The molecule has 1 aromatic heterocycles. The van der Waals surface area contributed by atoms with E-state index < -0.39 is 16.4 Å². The van der Waals surface area contributed by atoms with Crippen molar-refractivity contribution in [3.63, 3.8) is 0 Å². The summed E-state index contributed by atoms with van der Waals surface area (Å²) in [6.07, 6.45) is 1.51. The van der Waals surface area contributed by atoms with E-state index in [1.54, 1.807) is 6.07 Å². The van der Waals surface area contributed by atoms with E-state index in [1.165, 1.54) is 41.2 Å². The minimum absolute atomic E-state index is 0.376. The molecule has 1 heterocycles. The first-order chi connectivity index (χ1) is 10.6. The van der Waals surface area contributed by atoms with Crippen molar-refractivity contribution in [2.75, 3.05) is 0 Å². The number of halogens is 2. The third-order valence-corrected chi connectivity index (χ3v) is 3.15. The van der Waals surface area contributed by atoms with Gasteiger partial charge in [-0.25, -0.2) is 9.07 Å². The highest BCUT2D eigenvalue weighted by atomic mass is 19.1. The number of rotatable bonds is 3. The summed E-state index contributed by atoms with van der Waals surface area (Å²) in [5.41, 5.74) is 0.988. The fourth-order valence-corrected chi connectivity index (χ4v) is 2.12. The summed E-state index contributed by atoms with van der Waals surface area (Å²) in [5, 5.41) is 14.8. The Hall–Kier alpha value is -3.09. The zero-order valence-electron chi connectivity index (χ0n) is 11.1. The first-order valence-electron chi connectivity index (χ1n) is 6.30. The predicted octanol–water partition coefficient (Wildman–Crippen LogP) is 3.73. The van der Waals surface area contributed by atoms with Crippen LogP contribution in [0.1, 0.15) is 0 Å². The van der Waals surface area contributed by atoms with Gasteiger partial charge in [-0.05, 0) is 42.5 Å². The van der Waals surface area contributed by atoms with Gasteiger partial charge < -0.3 is 0 Å². The number of nitro groups is 1. The van der Waals surface area contributed by atoms with E-state index in [1.807, 2.05) is 0 Å². The summed E-state index contributed by atoms with van der Waals surface area (Å²) in [5.74, 6) is -1.30. The van der Waals surface area contributed by atoms with Crippen LogP contribution in [0.5, 0.6) is 0 Å². The van der Waals surface area contributed by atoms with Crippen molar-refractivity contribution < 1.29 is 13.7 Å². The number of nitrogens with zero attached hydrogens (tertiary/aromatic N) is 3. The molecule has 0 fully saturated rings. The zero-order valence-corrected chi connectivity index (χ0v) is 11.1. The Morgan fingerprint density at radius 2 is 1.77 bits per heavy atom. The lowest BCUT2D eigenvalue weighted by Gasteiger charge is -2.08. The normalized spacial score (nSPS) is 10.6. The topological polar surface area (TPSA) is 61.0 Å². The SMILES string of the molecule is O=[N+]([O-])c1ccc(-c2ccnn2-c2ccc(F)cc2)cc1F. The molecular weight excluding hydrogens is 292 g/mol. The third-order valence-electron chi connectivity index (χ3n) is 3.15. The largest absolute Gasteiger partial charge is 0.304 e. The maximum Gasteiger partial charge on any atom is 0.304 e. The van der Waals surface area contributed by atoms with E-state index in [9.17, 15) is 18.9 Å². The molecule has 0 aliphatic carbocycles. The van der Waals surface area contributed by atoms with Gasteiger partial charge in [-0.15, -0.1) is 0 Å². The fourth-order valence-electron chi connectivity index (χ4n) is 2.12. The van der Waals surface area contributed by atoms with Gasteiger partial charge in [0.2, 0.25) is 5.82 Å². The van der Waals surface area contributed by atoms with E-state index in [4.69, 9.17) is 0 Å². The van der Waals surface area contributed by atoms with E-state index in [0.29, 0.717) is 16.9 Å². The smallest absolute Gasteiger partial charge is 0.258 e. The van der Waals surface area contributed by atoms with Crippen LogP contribution < -0.4 is 0 Å². The second-order valence-corrected chi connectivity index (χ2v) is 4.53. The maximum atomic E-state index is 13.8. The lowest BCUT2D eigenvalue weighted by Crippen LogP contribution is -2.00. The summed E-state index contributed by atoms with van der Waals surface area (Å²) < 4.78 is 28.2. The lowest BCUT2D eigenvalue weighted by atomic mass is 10.1. The van der Waals surface area contributed by atoms with E-state index in [-0.39, 0.29) is 5.82 Å². The highest BCUT2D eigenvalue weighted by molar-refractivity contribution is 5.63. The molecule has 0 saturated carbocycles. The molecule has 3 aromatic rings. The molecular formula is C15H9F2N3O2. The van der Waals surface area contributed by atoms with Crippen molar-refractivity contribution in [2.45, 2.75) is 0 Å². The van der Waals surface area contributed by atoms with Gasteiger partial charge >= 0.3 is 5.69 Å². The highest BCUT2D eigenvalue weighted by Gasteiger charge is 2.16. The fraction of sp³-hybridized carbons (Fsp3) is 0. The van der Waals surface area contributed by atoms with Crippen molar-refractivity contribution in [1.82, 2.24) is 9.78 Å². The van der Waals surface area contributed by atoms with Crippen LogP contribution in [0.25, 0.3) is 16.9 Å². The molecule has 0 aliphatic rings. The van der Waals surface area contributed by atoms with Crippen LogP contribution in [0.3, 0.4) is 0 Å². The molecule has 0 aliphatic heterocycles. The van der Waals surface area contributed by atoms with Crippen molar-refractivity contribution in [3.05, 3.63) is 76.5 Å². The van der Waals surface area contributed by atoms with E-state index in [0.717, 1.165) is 12.1 Å². The minimum Gasteiger partial charge on any atom is -0.258 e. The monoisotopic (exact) mass is 301 g/mol. The van der Waals surface area contributed by atoms with Crippen LogP contribution in [0, 0.1) is 21.7 Å². The van der Waals surface area contributed by atoms with E-state index in [2.05, 4.69) is 5.10 Å². The second-order valence-electron chi connectivity index (χ2n) is 4.53. The maximum absolute atomic E-state index is 13.8. The summed E-state index contributed by atoms with van der Waals surface area (Å²) in [4.78, 5) is 9.87. The highest BCUT2D eigenvalue weighted by Crippen LogP contribution is 2.27. The summed E-state index contributed by atoms with van der Waals surface area (Å²) in [6.45, 7) is 0. The molecule has 110 valence electrons. The first kappa shape index (κ1) is 13.9. The average molecular weight is 301 g/mol. The zero-order chi connectivity index (χ0) is 15.7.